The van der Waals surface area contributed by atoms with Crippen molar-refractivity contribution in [3.05, 3.63) is 59.1 Å². The molecule has 0 unspecified atom stereocenters. The van der Waals surface area contributed by atoms with Crippen LogP contribution in [-0.2, 0) is 25.7 Å². The fraction of sp³-hybridized carbons (Fsp3) is 0.250. The summed E-state index contributed by atoms with van der Waals surface area (Å²) in [6.07, 6.45) is -0.0299. The molecule has 0 fully saturated rings. The van der Waals surface area contributed by atoms with Gasteiger partial charge >= 0.3 is 5.97 Å². The zero-order valence-corrected chi connectivity index (χ0v) is 15.8. The molecule has 0 radical (unpaired) electrons. The predicted octanol–water partition coefficient (Wildman–Crippen LogP) is 2.32. The van der Waals surface area contributed by atoms with Crippen LogP contribution in [0, 0.1) is 0 Å². The number of ether oxygens (including phenoxy) is 2. The number of halogens is 1. The number of benzene rings is 2. The van der Waals surface area contributed by atoms with Gasteiger partial charge < -0.3 is 19.7 Å². The van der Waals surface area contributed by atoms with E-state index < -0.39 is 18.5 Å². The van der Waals surface area contributed by atoms with Crippen LogP contribution in [0.25, 0.3) is 0 Å². The number of nitrogens with one attached hydrogen (secondary N) is 1. The lowest BCUT2D eigenvalue weighted by Gasteiger charge is -2.28. The molecule has 1 heterocycles. The van der Waals surface area contributed by atoms with Crippen molar-refractivity contribution in [1.29, 1.82) is 0 Å². The van der Waals surface area contributed by atoms with Gasteiger partial charge in [-0.1, -0.05) is 41.9 Å². The van der Waals surface area contributed by atoms with Crippen LogP contribution in [0.4, 0.5) is 5.69 Å². The van der Waals surface area contributed by atoms with Gasteiger partial charge in [0.2, 0.25) is 0 Å². The number of para-hydroxylation sites is 2. The maximum absolute atomic E-state index is 12.1. The molecule has 146 valence electrons. The van der Waals surface area contributed by atoms with E-state index in [-0.39, 0.29) is 32.0 Å². The van der Waals surface area contributed by atoms with Crippen LogP contribution >= 0.6 is 11.6 Å². The number of anilines is 1. The van der Waals surface area contributed by atoms with E-state index in [1.807, 2.05) is 12.1 Å². The summed E-state index contributed by atoms with van der Waals surface area (Å²) in [5.41, 5.74) is 1.39. The minimum Gasteiger partial charge on any atom is -0.482 e. The molecule has 1 aliphatic rings. The van der Waals surface area contributed by atoms with E-state index in [9.17, 15) is 14.4 Å². The van der Waals surface area contributed by atoms with E-state index >= 15 is 0 Å². The second-order valence-electron chi connectivity index (χ2n) is 6.08. The molecule has 2 amide bonds. The molecule has 7 nitrogen and oxygen atoms in total. The smallest absolute Gasteiger partial charge is 0.308 e. The average molecular weight is 403 g/mol. The van der Waals surface area contributed by atoms with Crippen molar-refractivity contribution < 1.29 is 23.9 Å². The average Bonchev–Trinajstić information content (AvgIpc) is 2.71. The van der Waals surface area contributed by atoms with Gasteiger partial charge in [-0.25, -0.2) is 0 Å². The van der Waals surface area contributed by atoms with Gasteiger partial charge in [0.15, 0.2) is 13.2 Å². The molecular weight excluding hydrogens is 384 g/mol. The summed E-state index contributed by atoms with van der Waals surface area (Å²) in [4.78, 5) is 37.3. The maximum Gasteiger partial charge on any atom is 0.308 e. The molecule has 0 bridgehead atoms. The Labute approximate surface area is 167 Å². The van der Waals surface area contributed by atoms with Crippen LogP contribution in [-0.4, -0.2) is 37.5 Å². The number of fused-ring (bicyclic) bond motifs is 1. The summed E-state index contributed by atoms with van der Waals surface area (Å²) in [6, 6.07) is 14.2. The largest absolute Gasteiger partial charge is 0.482 e. The van der Waals surface area contributed by atoms with Gasteiger partial charge in [-0.05, 0) is 23.8 Å². The Bertz CT molecular complexity index is 886. The van der Waals surface area contributed by atoms with Crippen molar-refractivity contribution in [3.63, 3.8) is 0 Å². The van der Waals surface area contributed by atoms with Gasteiger partial charge in [0.25, 0.3) is 11.8 Å². The monoisotopic (exact) mass is 402 g/mol. The van der Waals surface area contributed by atoms with E-state index in [0.29, 0.717) is 16.5 Å². The highest BCUT2D eigenvalue weighted by molar-refractivity contribution is 6.31. The molecule has 0 saturated carbocycles. The SMILES string of the molecule is O=C(COC(=O)CCN1C(=O)COc2ccccc21)NCc1ccccc1Cl. The number of hydrogen-bond acceptors (Lipinski definition) is 5. The molecule has 28 heavy (non-hydrogen) atoms. The Balaban J connectivity index is 1.43. The first kappa shape index (κ1) is 19.7. The third kappa shape index (κ3) is 5.01. The van der Waals surface area contributed by atoms with E-state index in [2.05, 4.69) is 5.32 Å². The van der Waals surface area contributed by atoms with Gasteiger partial charge in [-0.2, -0.15) is 0 Å². The van der Waals surface area contributed by atoms with E-state index in [1.54, 1.807) is 36.4 Å². The normalized spacial score (nSPS) is 12.8. The lowest BCUT2D eigenvalue weighted by Crippen LogP contribution is -2.40. The topological polar surface area (TPSA) is 84.9 Å². The highest BCUT2D eigenvalue weighted by atomic mass is 35.5. The predicted molar refractivity (Wildman–Crippen MR) is 103 cm³/mol. The van der Waals surface area contributed by atoms with Crippen LogP contribution in [0.1, 0.15) is 12.0 Å². The van der Waals surface area contributed by atoms with Gasteiger partial charge in [-0.15, -0.1) is 0 Å². The molecule has 2 aromatic rings. The molecule has 3 rings (SSSR count). The van der Waals surface area contributed by atoms with Crippen LogP contribution in [0.5, 0.6) is 5.75 Å². The lowest BCUT2D eigenvalue weighted by atomic mass is 10.2. The van der Waals surface area contributed by atoms with Crippen LogP contribution < -0.4 is 15.0 Å². The minimum atomic E-state index is -0.565. The molecule has 0 atom stereocenters. The van der Waals surface area contributed by atoms with Crippen LogP contribution in [0.2, 0.25) is 5.02 Å². The summed E-state index contributed by atoms with van der Waals surface area (Å²) in [5, 5.41) is 3.19. The quantitative estimate of drug-likeness (QED) is 0.718. The first-order valence-corrected chi connectivity index (χ1v) is 9.10. The highest BCUT2D eigenvalue weighted by Gasteiger charge is 2.25. The molecule has 2 aromatic carbocycles. The van der Waals surface area contributed by atoms with Crippen molar-refractivity contribution in [2.75, 3.05) is 24.7 Å². The summed E-state index contributed by atoms with van der Waals surface area (Å²) in [5.74, 6) is -0.635. The summed E-state index contributed by atoms with van der Waals surface area (Å²) in [6.45, 7) is -0.0676. The first-order chi connectivity index (χ1) is 13.5. The molecule has 8 heteroatoms. The summed E-state index contributed by atoms with van der Waals surface area (Å²) >= 11 is 6.02. The zero-order chi connectivity index (χ0) is 19.9. The van der Waals surface area contributed by atoms with Crippen LogP contribution in [0.15, 0.2) is 48.5 Å². The van der Waals surface area contributed by atoms with Crippen LogP contribution in [0.3, 0.4) is 0 Å². The molecule has 0 aromatic heterocycles. The molecule has 0 aliphatic carbocycles. The Hall–Kier alpha value is -3.06. The Morgan fingerprint density at radius 3 is 2.71 bits per heavy atom. The standard InChI is InChI=1S/C20H19ClN2O5/c21-15-6-2-1-5-14(15)11-22-18(24)12-28-20(26)9-10-23-16-7-3-4-8-17(16)27-13-19(23)25/h1-8H,9-13H2,(H,22,24). The Kier molecular flexibility index (Phi) is 6.49. The van der Waals surface area contributed by atoms with Crippen molar-refractivity contribution in [3.8, 4) is 5.75 Å². The number of nitrogens with zero attached hydrogens (tertiary/aromatic N) is 1. The Morgan fingerprint density at radius 2 is 1.89 bits per heavy atom. The molecule has 0 saturated heterocycles. The zero-order valence-electron chi connectivity index (χ0n) is 15.0. The fourth-order valence-electron chi connectivity index (χ4n) is 2.71. The molecule has 1 aliphatic heterocycles. The first-order valence-electron chi connectivity index (χ1n) is 8.72. The van der Waals surface area contributed by atoms with E-state index in [1.165, 1.54) is 4.90 Å². The molecular formula is C20H19ClN2O5. The summed E-state index contributed by atoms with van der Waals surface area (Å²) in [7, 11) is 0. The second-order valence-corrected chi connectivity index (χ2v) is 6.49. The second kappa shape index (κ2) is 9.23. The van der Waals surface area contributed by atoms with Crippen molar-refractivity contribution in [2.45, 2.75) is 13.0 Å². The summed E-state index contributed by atoms with van der Waals surface area (Å²) < 4.78 is 10.3. The van der Waals surface area contributed by atoms with Gasteiger partial charge in [0.1, 0.15) is 5.75 Å². The number of rotatable bonds is 7. The van der Waals surface area contributed by atoms with Gasteiger partial charge in [-0.3, -0.25) is 14.4 Å². The minimum absolute atomic E-state index is 0.0299. The lowest BCUT2D eigenvalue weighted by molar-refractivity contribution is -0.148. The Morgan fingerprint density at radius 1 is 1.14 bits per heavy atom. The molecule has 0 spiro atoms. The van der Waals surface area contributed by atoms with Gasteiger partial charge in [0, 0.05) is 18.1 Å². The highest BCUT2D eigenvalue weighted by Crippen LogP contribution is 2.31. The van der Waals surface area contributed by atoms with Crippen molar-refractivity contribution in [1.82, 2.24) is 5.32 Å². The number of esters is 1. The number of carbonyl (C=O) groups excluding carboxylic acids is 3. The van der Waals surface area contributed by atoms with E-state index in [0.717, 1.165) is 5.56 Å². The van der Waals surface area contributed by atoms with Crippen molar-refractivity contribution >= 4 is 35.1 Å². The number of amides is 2. The number of hydrogen-bond donors (Lipinski definition) is 1. The maximum atomic E-state index is 12.1. The fourth-order valence-corrected chi connectivity index (χ4v) is 2.91. The van der Waals surface area contributed by atoms with Gasteiger partial charge in [0.05, 0.1) is 12.1 Å². The third-order valence-electron chi connectivity index (χ3n) is 4.15. The number of carbonyl (C=O) groups is 3. The molecule has 1 N–H and O–H groups in total. The third-order valence-corrected chi connectivity index (χ3v) is 4.51. The van der Waals surface area contributed by atoms with Crippen molar-refractivity contribution in [2.24, 2.45) is 0 Å². The van der Waals surface area contributed by atoms with E-state index in [4.69, 9.17) is 21.1 Å².